The fourth-order valence-corrected chi connectivity index (χ4v) is 2.25. The van der Waals surface area contributed by atoms with Gasteiger partial charge in [0.15, 0.2) is 0 Å². The summed E-state index contributed by atoms with van der Waals surface area (Å²) in [6.07, 6.45) is 2.17. The van der Waals surface area contributed by atoms with E-state index in [1.807, 2.05) is 19.2 Å². The maximum absolute atomic E-state index is 11.6. The van der Waals surface area contributed by atoms with Crippen LogP contribution in [0.1, 0.15) is 30.0 Å². The predicted molar refractivity (Wildman–Crippen MR) is 68.8 cm³/mol. The van der Waals surface area contributed by atoms with Crippen LogP contribution in [-0.2, 0) is 11.2 Å². The molecule has 0 saturated carbocycles. The first-order chi connectivity index (χ1) is 8.13. The van der Waals surface area contributed by atoms with Crippen LogP contribution < -0.4 is 16.4 Å². The summed E-state index contributed by atoms with van der Waals surface area (Å²) in [4.78, 5) is 13.3. The fourth-order valence-electron chi connectivity index (χ4n) is 2.25. The molecule has 1 heterocycles. The zero-order valence-corrected chi connectivity index (χ0v) is 10.1. The van der Waals surface area contributed by atoms with E-state index in [-0.39, 0.29) is 11.9 Å². The summed E-state index contributed by atoms with van der Waals surface area (Å²) in [6, 6.07) is 6.08. The van der Waals surface area contributed by atoms with E-state index in [0.717, 1.165) is 24.1 Å². The van der Waals surface area contributed by atoms with E-state index in [1.165, 1.54) is 5.56 Å². The number of carbonyl (C=O) groups excluding carboxylic acids is 1. The second-order valence-electron chi connectivity index (χ2n) is 4.52. The van der Waals surface area contributed by atoms with Crippen LogP contribution in [0.4, 0.5) is 5.69 Å². The number of hydrogen-bond acceptors (Lipinski definition) is 3. The molecule has 92 valence electrons. The average molecular weight is 233 g/mol. The average Bonchev–Trinajstić information content (AvgIpc) is 2.34. The minimum absolute atomic E-state index is 0.00626. The van der Waals surface area contributed by atoms with Gasteiger partial charge in [-0.3, -0.25) is 4.79 Å². The Morgan fingerprint density at radius 3 is 2.88 bits per heavy atom. The van der Waals surface area contributed by atoms with Crippen molar-refractivity contribution in [3.63, 3.8) is 0 Å². The highest BCUT2D eigenvalue weighted by molar-refractivity contribution is 5.95. The van der Waals surface area contributed by atoms with Gasteiger partial charge in [-0.05, 0) is 36.6 Å². The molecule has 2 rings (SSSR count). The van der Waals surface area contributed by atoms with Crippen molar-refractivity contribution in [1.82, 2.24) is 0 Å². The lowest BCUT2D eigenvalue weighted by atomic mass is 9.95. The third kappa shape index (κ3) is 2.33. The summed E-state index contributed by atoms with van der Waals surface area (Å²) in [5.41, 5.74) is 14.9. The van der Waals surface area contributed by atoms with Gasteiger partial charge in [-0.25, -0.2) is 0 Å². The van der Waals surface area contributed by atoms with Crippen molar-refractivity contribution in [3.8, 4) is 0 Å². The monoisotopic (exact) mass is 233 g/mol. The Morgan fingerprint density at radius 1 is 1.41 bits per heavy atom. The Labute approximate surface area is 102 Å². The molecule has 4 N–H and O–H groups in total. The fraction of sp³-hybridized carbons (Fsp3) is 0.462. The summed E-state index contributed by atoms with van der Waals surface area (Å²) in [7, 11) is 1.82. The molecule has 17 heavy (non-hydrogen) atoms. The normalized spacial score (nSPS) is 16.9. The van der Waals surface area contributed by atoms with Crippen molar-refractivity contribution in [2.75, 3.05) is 18.5 Å². The number of fused-ring (bicyclic) bond motifs is 1. The van der Waals surface area contributed by atoms with Gasteiger partial charge in [0, 0.05) is 25.2 Å². The topological polar surface area (TPSA) is 72.3 Å². The van der Waals surface area contributed by atoms with Crippen molar-refractivity contribution >= 4 is 11.6 Å². The molecular formula is C13H19N3O. The van der Waals surface area contributed by atoms with Crippen LogP contribution in [0, 0.1) is 0 Å². The molecule has 1 aliphatic heterocycles. The summed E-state index contributed by atoms with van der Waals surface area (Å²) in [5.74, 6) is 0.177. The van der Waals surface area contributed by atoms with Gasteiger partial charge >= 0.3 is 0 Å². The van der Waals surface area contributed by atoms with Gasteiger partial charge in [-0.2, -0.15) is 0 Å². The highest BCUT2D eigenvalue weighted by Gasteiger charge is 2.21. The molecule has 1 aliphatic rings. The summed E-state index contributed by atoms with van der Waals surface area (Å²) in [6.45, 7) is 0.594. The quantitative estimate of drug-likeness (QED) is 0.816. The van der Waals surface area contributed by atoms with Gasteiger partial charge < -0.3 is 16.4 Å². The first-order valence-corrected chi connectivity index (χ1v) is 5.98. The van der Waals surface area contributed by atoms with Crippen LogP contribution >= 0.6 is 0 Å². The van der Waals surface area contributed by atoms with Crippen molar-refractivity contribution in [1.29, 1.82) is 0 Å². The molecule has 4 heteroatoms. The lowest BCUT2D eigenvalue weighted by Crippen LogP contribution is -2.31. The molecule has 1 atom stereocenters. The Balaban J connectivity index is 2.29. The van der Waals surface area contributed by atoms with E-state index in [2.05, 4.69) is 6.07 Å². The Kier molecular flexibility index (Phi) is 3.45. The first-order valence-electron chi connectivity index (χ1n) is 5.98. The standard InChI is InChI=1S/C13H19N3O/c1-16-12-4-2-9(11(15)6-7-14)8-10(12)3-5-13(16)17/h2,4,8,11H,3,5-7,14-15H2,1H3. The van der Waals surface area contributed by atoms with Gasteiger partial charge in [-0.1, -0.05) is 12.1 Å². The van der Waals surface area contributed by atoms with Crippen LogP contribution in [0.25, 0.3) is 0 Å². The first kappa shape index (κ1) is 12.1. The molecule has 0 aliphatic carbocycles. The Bertz CT molecular complexity index is 431. The van der Waals surface area contributed by atoms with Crippen LogP contribution in [0.15, 0.2) is 18.2 Å². The Morgan fingerprint density at radius 2 is 2.18 bits per heavy atom. The van der Waals surface area contributed by atoms with Crippen LogP contribution in [0.2, 0.25) is 0 Å². The minimum atomic E-state index is -0.00626. The van der Waals surface area contributed by atoms with E-state index in [4.69, 9.17) is 11.5 Å². The van der Waals surface area contributed by atoms with Gasteiger partial charge in [0.05, 0.1) is 0 Å². The number of nitrogens with zero attached hydrogens (tertiary/aromatic N) is 1. The molecule has 0 spiro atoms. The summed E-state index contributed by atoms with van der Waals surface area (Å²) < 4.78 is 0. The highest BCUT2D eigenvalue weighted by Crippen LogP contribution is 2.29. The third-order valence-corrected chi connectivity index (χ3v) is 3.35. The van der Waals surface area contributed by atoms with Gasteiger partial charge in [0.1, 0.15) is 0 Å². The minimum Gasteiger partial charge on any atom is -0.330 e. The summed E-state index contributed by atoms with van der Waals surface area (Å²) >= 11 is 0. The van der Waals surface area contributed by atoms with Crippen molar-refractivity contribution in [3.05, 3.63) is 29.3 Å². The number of aryl methyl sites for hydroxylation is 1. The van der Waals surface area contributed by atoms with Gasteiger partial charge in [0.2, 0.25) is 5.91 Å². The molecule has 1 amide bonds. The predicted octanol–water partition coefficient (Wildman–Crippen LogP) is 0.944. The maximum atomic E-state index is 11.6. The number of benzene rings is 1. The van der Waals surface area contributed by atoms with Crippen LogP contribution in [0.5, 0.6) is 0 Å². The molecular weight excluding hydrogens is 214 g/mol. The molecule has 0 saturated heterocycles. The largest absolute Gasteiger partial charge is 0.330 e. The lowest BCUT2D eigenvalue weighted by molar-refractivity contribution is -0.118. The molecule has 0 fully saturated rings. The Hall–Kier alpha value is -1.39. The lowest BCUT2D eigenvalue weighted by Gasteiger charge is -2.26. The number of hydrogen-bond donors (Lipinski definition) is 2. The van der Waals surface area contributed by atoms with E-state index >= 15 is 0 Å². The molecule has 4 nitrogen and oxygen atoms in total. The molecule has 1 aromatic carbocycles. The molecule has 0 aromatic heterocycles. The zero-order valence-electron chi connectivity index (χ0n) is 10.1. The number of amides is 1. The van der Waals surface area contributed by atoms with Crippen LogP contribution in [0.3, 0.4) is 0 Å². The van der Waals surface area contributed by atoms with Crippen molar-refractivity contribution in [2.45, 2.75) is 25.3 Å². The SMILES string of the molecule is CN1C(=O)CCc2cc(C(N)CCN)ccc21. The smallest absolute Gasteiger partial charge is 0.227 e. The van der Waals surface area contributed by atoms with Crippen LogP contribution in [-0.4, -0.2) is 19.5 Å². The third-order valence-electron chi connectivity index (χ3n) is 3.35. The van der Waals surface area contributed by atoms with Gasteiger partial charge in [0.25, 0.3) is 0 Å². The highest BCUT2D eigenvalue weighted by atomic mass is 16.2. The second kappa shape index (κ2) is 4.85. The zero-order chi connectivity index (χ0) is 12.4. The number of carbonyl (C=O) groups is 1. The van der Waals surface area contributed by atoms with Crippen molar-refractivity contribution < 1.29 is 4.79 Å². The van der Waals surface area contributed by atoms with Crippen molar-refractivity contribution in [2.24, 2.45) is 11.5 Å². The van der Waals surface area contributed by atoms with E-state index < -0.39 is 0 Å². The van der Waals surface area contributed by atoms with E-state index in [1.54, 1.807) is 4.90 Å². The number of rotatable bonds is 3. The number of nitrogens with two attached hydrogens (primary N) is 2. The molecule has 0 radical (unpaired) electrons. The molecule has 1 unspecified atom stereocenters. The second-order valence-corrected chi connectivity index (χ2v) is 4.52. The van der Waals surface area contributed by atoms with Gasteiger partial charge in [-0.15, -0.1) is 0 Å². The summed E-state index contributed by atoms with van der Waals surface area (Å²) in [5, 5.41) is 0. The van der Waals surface area contributed by atoms with E-state index in [9.17, 15) is 4.79 Å². The number of anilines is 1. The maximum Gasteiger partial charge on any atom is 0.227 e. The van der Waals surface area contributed by atoms with E-state index in [0.29, 0.717) is 13.0 Å². The molecule has 0 bridgehead atoms. The molecule has 1 aromatic rings.